The Morgan fingerprint density at radius 2 is 1.85 bits per heavy atom. The lowest BCUT2D eigenvalue weighted by molar-refractivity contribution is 0.0600. The second-order valence-corrected chi connectivity index (χ2v) is 7.90. The van der Waals surface area contributed by atoms with Crippen molar-refractivity contribution in [1.82, 2.24) is 4.72 Å². The van der Waals surface area contributed by atoms with Gasteiger partial charge in [-0.15, -0.1) is 0 Å². The average molecular weight is 398 g/mol. The van der Waals surface area contributed by atoms with Gasteiger partial charge in [-0.2, -0.15) is 0 Å². The zero-order valence-electron chi connectivity index (χ0n) is 14.7. The summed E-state index contributed by atoms with van der Waals surface area (Å²) in [5.74, 6) is -0.0519. The molecule has 1 atom stereocenters. The van der Waals surface area contributed by atoms with E-state index in [1.807, 2.05) is 31.2 Å². The lowest BCUT2D eigenvalue weighted by Gasteiger charge is -2.16. The van der Waals surface area contributed by atoms with Crippen LogP contribution < -0.4 is 9.46 Å². The molecule has 140 valence electrons. The summed E-state index contributed by atoms with van der Waals surface area (Å²) < 4.78 is 37.7. The van der Waals surface area contributed by atoms with Gasteiger partial charge in [0.05, 0.1) is 28.6 Å². The van der Waals surface area contributed by atoms with Crippen molar-refractivity contribution in [2.75, 3.05) is 13.7 Å². The minimum Gasteiger partial charge on any atom is -0.492 e. The molecule has 0 saturated heterocycles. The molecule has 26 heavy (non-hydrogen) atoms. The molecule has 1 N–H and O–H groups in total. The van der Waals surface area contributed by atoms with Crippen molar-refractivity contribution < 1.29 is 22.7 Å². The average Bonchev–Trinajstić information content (AvgIpc) is 2.60. The molecule has 2 rings (SSSR count). The highest BCUT2D eigenvalue weighted by Gasteiger charge is 2.21. The van der Waals surface area contributed by atoms with Crippen molar-refractivity contribution in [2.45, 2.75) is 24.8 Å². The SMILES string of the molecule is COC(=O)c1cc(S(=O)(=O)NC(C)COc2ccc(C)cc2)ccc1Cl. The number of halogens is 1. The summed E-state index contributed by atoms with van der Waals surface area (Å²) in [5.41, 5.74) is 1.09. The van der Waals surface area contributed by atoms with Crippen LogP contribution in [0.3, 0.4) is 0 Å². The Hall–Kier alpha value is -2.09. The minimum atomic E-state index is -3.85. The first-order valence-electron chi connectivity index (χ1n) is 7.82. The van der Waals surface area contributed by atoms with Crippen molar-refractivity contribution in [2.24, 2.45) is 0 Å². The lowest BCUT2D eigenvalue weighted by Crippen LogP contribution is -2.36. The highest BCUT2D eigenvalue weighted by Crippen LogP contribution is 2.21. The highest BCUT2D eigenvalue weighted by molar-refractivity contribution is 7.89. The molecule has 2 aromatic carbocycles. The van der Waals surface area contributed by atoms with Crippen LogP contribution in [-0.4, -0.2) is 34.1 Å². The summed E-state index contributed by atoms with van der Waals surface area (Å²) in [6.07, 6.45) is 0. The Morgan fingerprint density at radius 3 is 2.46 bits per heavy atom. The van der Waals surface area contributed by atoms with Crippen molar-refractivity contribution in [3.8, 4) is 5.75 Å². The zero-order chi connectivity index (χ0) is 19.3. The molecular formula is C18H20ClNO5S. The van der Waals surface area contributed by atoms with Crippen LogP contribution in [0.5, 0.6) is 5.75 Å². The Labute approximate surface area is 158 Å². The number of carbonyl (C=O) groups excluding carboxylic acids is 1. The highest BCUT2D eigenvalue weighted by atomic mass is 35.5. The number of hydrogen-bond acceptors (Lipinski definition) is 5. The third kappa shape index (κ3) is 5.20. The molecule has 0 aliphatic carbocycles. The molecule has 0 bridgehead atoms. The quantitative estimate of drug-likeness (QED) is 0.725. The standard InChI is InChI=1S/C18H20ClNO5S/c1-12-4-6-14(7-5-12)25-11-13(2)20-26(22,23)15-8-9-17(19)16(10-15)18(21)24-3/h4-10,13,20H,11H2,1-3H3. The Kier molecular flexibility index (Phi) is 6.63. The van der Waals surface area contributed by atoms with E-state index in [1.54, 1.807) is 6.92 Å². The van der Waals surface area contributed by atoms with E-state index in [0.717, 1.165) is 5.56 Å². The van der Waals surface area contributed by atoms with E-state index >= 15 is 0 Å². The molecular weight excluding hydrogens is 378 g/mol. The fourth-order valence-corrected chi connectivity index (χ4v) is 3.61. The summed E-state index contributed by atoms with van der Waals surface area (Å²) in [4.78, 5) is 11.6. The number of nitrogens with one attached hydrogen (secondary N) is 1. The van der Waals surface area contributed by atoms with Gasteiger partial charge in [0.25, 0.3) is 0 Å². The molecule has 0 aliphatic heterocycles. The van der Waals surface area contributed by atoms with Gasteiger partial charge in [0.1, 0.15) is 12.4 Å². The predicted molar refractivity (Wildman–Crippen MR) is 99.2 cm³/mol. The number of ether oxygens (including phenoxy) is 2. The molecule has 0 amide bonds. The molecule has 1 unspecified atom stereocenters. The van der Waals surface area contributed by atoms with Crippen LogP contribution in [0.4, 0.5) is 0 Å². The van der Waals surface area contributed by atoms with Crippen LogP contribution in [0.2, 0.25) is 5.02 Å². The van der Waals surface area contributed by atoms with Crippen molar-refractivity contribution in [1.29, 1.82) is 0 Å². The van der Waals surface area contributed by atoms with E-state index in [0.29, 0.717) is 5.75 Å². The number of rotatable bonds is 7. The Morgan fingerprint density at radius 1 is 1.19 bits per heavy atom. The number of esters is 1. The predicted octanol–water partition coefficient (Wildman–Crippen LogP) is 3.18. The number of carbonyl (C=O) groups is 1. The van der Waals surface area contributed by atoms with Crippen LogP contribution in [0, 0.1) is 6.92 Å². The fourth-order valence-electron chi connectivity index (χ4n) is 2.16. The monoisotopic (exact) mass is 397 g/mol. The molecule has 0 aliphatic rings. The maximum atomic E-state index is 12.5. The van der Waals surface area contributed by atoms with E-state index in [4.69, 9.17) is 16.3 Å². The van der Waals surface area contributed by atoms with E-state index in [1.165, 1.54) is 25.3 Å². The second kappa shape index (κ2) is 8.53. The van der Waals surface area contributed by atoms with E-state index in [2.05, 4.69) is 9.46 Å². The maximum absolute atomic E-state index is 12.5. The van der Waals surface area contributed by atoms with Crippen LogP contribution in [-0.2, 0) is 14.8 Å². The Bertz CT molecular complexity index is 881. The topological polar surface area (TPSA) is 81.7 Å². The number of methoxy groups -OCH3 is 1. The third-order valence-electron chi connectivity index (χ3n) is 3.53. The van der Waals surface area contributed by atoms with E-state index in [-0.39, 0.29) is 22.1 Å². The van der Waals surface area contributed by atoms with Gasteiger partial charge in [0.2, 0.25) is 10.0 Å². The minimum absolute atomic E-state index is 0.0133. The van der Waals surface area contributed by atoms with Crippen LogP contribution in [0.1, 0.15) is 22.8 Å². The zero-order valence-corrected chi connectivity index (χ0v) is 16.2. The summed E-state index contributed by atoms with van der Waals surface area (Å²) in [6.45, 7) is 3.80. The molecule has 0 saturated carbocycles. The molecule has 6 nitrogen and oxygen atoms in total. The molecule has 0 aromatic heterocycles. The van der Waals surface area contributed by atoms with Gasteiger partial charge < -0.3 is 9.47 Å². The summed E-state index contributed by atoms with van der Waals surface area (Å²) in [6, 6.07) is 10.8. The summed E-state index contributed by atoms with van der Waals surface area (Å²) >= 11 is 5.92. The number of sulfonamides is 1. The first kappa shape index (κ1) is 20.2. The number of hydrogen-bond donors (Lipinski definition) is 1. The molecule has 8 heteroatoms. The van der Waals surface area contributed by atoms with Gasteiger partial charge in [-0.1, -0.05) is 29.3 Å². The van der Waals surface area contributed by atoms with Crippen LogP contribution in [0.25, 0.3) is 0 Å². The van der Waals surface area contributed by atoms with Gasteiger partial charge in [-0.05, 0) is 44.2 Å². The van der Waals surface area contributed by atoms with E-state index < -0.39 is 22.0 Å². The molecule has 0 radical (unpaired) electrons. The van der Waals surface area contributed by atoms with Crippen molar-refractivity contribution in [3.63, 3.8) is 0 Å². The van der Waals surface area contributed by atoms with Gasteiger partial charge in [0, 0.05) is 0 Å². The van der Waals surface area contributed by atoms with Crippen molar-refractivity contribution >= 4 is 27.6 Å². The molecule has 0 heterocycles. The Balaban J connectivity index is 2.07. The fraction of sp³-hybridized carbons (Fsp3) is 0.278. The third-order valence-corrected chi connectivity index (χ3v) is 5.45. The molecule has 0 fully saturated rings. The first-order chi connectivity index (χ1) is 12.2. The molecule has 2 aromatic rings. The van der Waals surface area contributed by atoms with Gasteiger partial charge >= 0.3 is 5.97 Å². The largest absolute Gasteiger partial charge is 0.492 e. The van der Waals surface area contributed by atoms with Crippen molar-refractivity contribution in [3.05, 3.63) is 58.6 Å². The normalized spacial score (nSPS) is 12.5. The summed E-state index contributed by atoms with van der Waals surface area (Å²) in [7, 11) is -2.65. The number of aryl methyl sites for hydroxylation is 1. The summed E-state index contributed by atoms with van der Waals surface area (Å²) in [5, 5.41) is 0.117. The van der Waals surface area contributed by atoms with Gasteiger partial charge in [0.15, 0.2) is 0 Å². The van der Waals surface area contributed by atoms with Crippen LogP contribution in [0.15, 0.2) is 47.4 Å². The van der Waals surface area contributed by atoms with Gasteiger partial charge in [-0.3, -0.25) is 0 Å². The van der Waals surface area contributed by atoms with Gasteiger partial charge in [-0.25, -0.2) is 17.9 Å². The van der Waals surface area contributed by atoms with Crippen LogP contribution >= 0.6 is 11.6 Å². The molecule has 0 spiro atoms. The second-order valence-electron chi connectivity index (χ2n) is 5.78. The smallest absolute Gasteiger partial charge is 0.339 e. The van der Waals surface area contributed by atoms with E-state index in [9.17, 15) is 13.2 Å². The lowest BCUT2D eigenvalue weighted by atomic mass is 10.2. The first-order valence-corrected chi connectivity index (χ1v) is 9.68. The maximum Gasteiger partial charge on any atom is 0.339 e. The number of benzene rings is 2.